The van der Waals surface area contributed by atoms with Gasteiger partial charge in [0.05, 0.1) is 7.11 Å². The summed E-state index contributed by atoms with van der Waals surface area (Å²) in [6.45, 7) is 7.30. The van der Waals surface area contributed by atoms with Crippen molar-refractivity contribution in [1.82, 2.24) is 0 Å². The molecular formula is C18H25NO. The SMILES string of the molecule is C=C1CCC[C@]2(C)c3cc(OC)c(CN)cc3CC[C@@H]12. The fourth-order valence-electron chi connectivity index (χ4n) is 4.39. The van der Waals surface area contributed by atoms with Gasteiger partial charge in [0.25, 0.3) is 0 Å². The number of methoxy groups -OCH3 is 1. The van der Waals surface area contributed by atoms with E-state index in [4.69, 9.17) is 10.5 Å². The molecule has 108 valence electrons. The average molecular weight is 271 g/mol. The van der Waals surface area contributed by atoms with E-state index in [-0.39, 0.29) is 5.41 Å². The molecule has 2 aliphatic carbocycles. The number of fused-ring (bicyclic) bond motifs is 3. The molecule has 1 aromatic rings. The molecule has 2 atom stereocenters. The molecule has 1 aromatic carbocycles. The molecular weight excluding hydrogens is 246 g/mol. The summed E-state index contributed by atoms with van der Waals surface area (Å²) in [6, 6.07) is 4.52. The van der Waals surface area contributed by atoms with Crippen molar-refractivity contribution in [3.8, 4) is 5.75 Å². The first-order chi connectivity index (χ1) is 9.60. The Morgan fingerprint density at radius 1 is 1.40 bits per heavy atom. The van der Waals surface area contributed by atoms with Crippen molar-refractivity contribution in [3.05, 3.63) is 41.0 Å². The Balaban J connectivity index is 2.13. The highest BCUT2D eigenvalue weighted by molar-refractivity contribution is 5.49. The zero-order valence-corrected chi connectivity index (χ0v) is 12.7. The van der Waals surface area contributed by atoms with E-state index >= 15 is 0 Å². The van der Waals surface area contributed by atoms with E-state index in [1.807, 2.05) is 0 Å². The molecule has 0 radical (unpaired) electrons. The summed E-state index contributed by atoms with van der Waals surface area (Å²) in [5.74, 6) is 1.58. The maximum absolute atomic E-state index is 5.85. The Hall–Kier alpha value is -1.28. The van der Waals surface area contributed by atoms with Gasteiger partial charge < -0.3 is 10.5 Å². The Morgan fingerprint density at radius 2 is 2.20 bits per heavy atom. The molecule has 2 aliphatic rings. The molecule has 0 saturated heterocycles. The van der Waals surface area contributed by atoms with Gasteiger partial charge in [0, 0.05) is 12.1 Å². The molecule has 0 bridgehead atoms. The van der Waals surface area contributed by atoms with Crippen molar-refractivity contribution in [2.24, 2.45) is 11.7 Å². The fourth-order valence-corrected chi connectivity index (χ4v) is 4.39. The van der Waals surface area contributed by atoms with Crippen molar-refractivity contribution in [1.29, 1.82) is 0 Å². The predicted octanol–water partition coefficient (Wildman–Crippen LogP) is 3.71. The van der Waals surface area contributed by atoms with Gasteiger partial charge >= 0.3 is 0 Å². The fraction of sp³-hybridized carbons (Fsp3) is 0.556. The third kappa shape index (κ3) is 1.89. The van der Waals surface area contributed by atoms with E-state index in [1.54, 1.807) is 7.11 Å². The smallest absolute Gasteiger partial charge is 0.123 e. The van der Waals surface area contributed by atoms with Crippen LogP contribution < -0.4 is 10.5 Å². The summed E-state index contributed by atoms with van der Waals surface area (Å²) >= 11 is 0. The molecule has 3 rings (SSSR count). The molecule has 0 unspecified atom stereocenters. The third-order valence-corrected chi connectivity index (χ3v) is 5.50. The monoisotopic (exact) mass is 271 g/mol. The Kier molecular flexibility index (Phi) is 3.37. The lowest BCUT2D eigenvalue weighted by molar-refractivity contribution is 0.234. The first kappa shape index (κ1) is 13.7. The Bertz CT molecular complexity index is 549. The van der Waals surface area contributed by atoms with Crippen LogP contribution in [-0.2, 0) is 18.4 Å². The van der Waals surface area contributed by atoms with E-state index in [0.717, 1.165) is 17.7 Å². The number of nitrogens with two attached hydrogens (primary N) is 1. The molecule has 1 saturated carbocycles. The molecule has 2 nitrogen and oxygen atoms in total. The summed E-state index contributed by atoms with van der Waals surface area (Å²) in [5, 5.41) is 0. The van der Waals surface area contributed by atoms with Gasteiger partial charge in [0.15, 0.2) is 0 Å². The third-order valence-electron chi connectivity index (χ3n) is 5.50. The minimum atomic E-state index is 0.239. The van der Waals surface area contributed by atoms with Crippen LogP contribution in [0.15, 0.2) is 24.3 Å². The normalized spacial score (nSPS) is 28.8. The maximum atomic E-state index is 5.85. The molecule has 0 spiro atoms. The number of benzene rings is 1. The number of allylic oxidation sites excluding steroid dienone is 1. The minimum Gasteiger partial charge on any atom is -0.496 e. The summed E-state index contributed by atoms with van der Waals surface area (Å²) in [5.41, 5.74) is 11.6. The summed E-state index contributed by atoms with van der Waals surface area (Å²) in [4.78, 5) is 0. The second-order valence-electron chi connectivity index (χ2n) is 6.55. The molecule has 0 amide bonds. The van der Waals surface area contributed by atoms with E-state index in [0.29, 0.717) is 12.5 Å². The lowest BCUT2D eigenvalue weighted by Crippen LogP contribution is -2.40. The first-order valence-electron chi connectivity index (χ1n) is 7.68. The molecule has 0 heterocycles. The van der Waals surface area contributed by atoms with Gasteiger partial charge in [-0.25, -0.2) is 0 Å². The number of hydrogen-bond donors (Lipinski definition) is 1. The van der Waals surface area contributed by atoms with Gasteiger partial charge in [-0.2, -0.15) is 0 Å². The second-order valence-corrected chi connectivity index (χ2v) is 6.55. The van der Waals surface area contributed by atoms with Crippen LogP contribution in [0.1, 0.15) is 49.3 Å². The predicted molar refractivity (Wildman–Crippen MR) is 83.0 cm³/mol. The zero-order chi connectivity index (χ0) is 14.3. The molecule has 2 N–H and O–H groups in total. The second kappa shape index (κ2) is 4.92. The lowest BCUT2D eigenvalue weighted by Gasteiger charge is -2.47. The Morgan fingerprint density at radius 3 is 2.90 bits per heavy atom. The average Bonchev–Trinajstić information content (AvgIpc) is 2.45. The van der Waals surface area contributed by atoms with Crippen molar-refractivity contribution in [2.45, 2.75) is 51.0 Å². The number of hydrogen-bond acceptors (Lipinski definition) is 2. The van der Waals surface area contributed by atoms with Crippen LogP contribution in [0.25, 0.3) is 0 Å². The summed E-state index contributed by atoms with van der Waals surface area (Å²) < 4.78 is 5.55. The van der Waals surface area contributed by atoms with E-state index < -0.39 is 0 Å². The van der Waals surface area contributed by atoms with E-state index in [9.17, 15) is 0 Å². The maximum Gasteiger partial charge on any atom is 0.123 e. The standard InChI is InChI=1S/C18H25NO/c1-12-5-4-8-18(2)15(12)7-6-13-9-14(11-19)17(20-3)10-16(13)18/h9-10,15H,1,4-8,11,19H2,2-3H3/t15-,18-/m0/s1. The van der Waals surface area contributed by atoms with Crippen LogP contribution in [-0.4, -0.2) is 7.11 Å². The van der Waals surface area contributed by atoms with Gasteiger partial charge in [-0.1, -0.05) is 25.1 Å². The molecule has 2 heteroatoms. The lowest BCUT2D eigenvalue weighted by atomic mass is 9.57. The van der Waals surface area contributed by atoms with Crippen molar-refractivity contribution in [3.63, 3.8) is 0 Å². The van der Waals surface area contributed by atoms with Crippen LogP contribution in [0, 0.1) is 5.92 Å². The molecule has 0 aromatic heterocycles. The topological polar surface area (TPSA) is 35.2 Å². The van der Waals surface area contributed by atoms with Crippen LogP contribution in [0.5, 0.6) is 5.75 Å². The quantitative estimate of drug-likeness (QED) is 0.832. The van der Waals surface area contributed by atoms with Crippen molar-refractivity contribution in [2.75, 3.05) is 7.11 Å². The number of aryl methyl sites for hydroxylation is 1. The van der Waals surface area contributed by atoms with Gasteiger partial charge in [0.2, 0.25) is 0 Å². The summed E-state index contributed by atoms with van der Waals surface area (Å²) in [6.07, 6.45) is 6.10. The van der Waals surface area contributed by atoms with Crippen molar-refractivity contribution >= 4 is 0 Å². The molecule has 0 aliphatic heterocycles. The molecule has 20 heavy (non-hydrogen) atoms. The van der Waals surface area contributed by atoms with Crippen LogP contribution in [0.3, 0.4) is 0 Å². The highest BCUT2D eigenvalue weighted by Gasteiger charge is 2.43. The number of rotatable bonds is 2. The highest BCUT2D eigenvalue weighted by atomic mass is 16.5. The summed E-state index contributed by atoms with van der Waals surface area (Å²) in [7, 11) is 1.74. The van der Waals surface area contributed by atoms with E-state index in [2.05, 4.69) is 25.6 Å². The first-order valence-corrected chi connectivity index (χ1v) is 7.68. The van der Waals surface area contributed by atoms with Crippen molar-refractivity contribution < 1.29 is 4.74 Å². The van der Waals surface area contributed by atoms with Crippen LogP contribution in [0.4, 0.5) is 0 Å². The van der Waals surface area contributed by atoms with Gasteiger partial charge in [0.1, 0.15) is 5.75 Å². The largest absolute Gasteiger partial charge is 0.496 e. The van der Waals surface area contributed by atoms with Gasteiger partial charge in [-0.3, -0.25) is 0 Å². The Labute approximate surface area is 122 Å². The van der Waals surface area contributed by atoms with Gasteiger partial charge in [-0.05, 0) is 60.6 Å². The van der Waals surface area contributed by atoms with Crippen LogP contribution in [0.2, 0.25) is 0 Å². The molecule has 1 fully saturated rings. The minimum absolute atomic E-state index is 0.239. The zero-order valence-electron chi connectivity index (χ0n) is 12.7. The van der Waals surface area contributed by atoms with Crippen LogP contribution >= 0.6 is 0 Å². The van der Waals surface area contributed by atoms with E-state index in [1.165, 1.54) is 42.4 Å². The van der Waals surface area contributed by atoms with Gasteiger partial charge in [-0.15, -0.1) is 0 Å². The highest BCUT2D eigenvalue weighted by Crippen LogP contribution is 2.52. The number of ether oxygens (including phenoxy) is 1.